The zero-order valence-electron chi connectivity index (χ0n) is 30.3. The van der Waals surface area contributed by atoms with E-state index >= 15 is 4.79 Å². The van der Waals surface area contributed by atoms with Crippen LogP contribution in [0.2, 0.25) is 5.02 Å². The number of methoxy groups -OCH3 is 1. The summed E-state index contributed by atoms with van der Waals surface area (Å²) in [6, 6.07) is 22.3. The Morgan fingerprint density at radius 1 is 0.929 bits per heavy atom. The molecule has 4 aromatic rings. The van der Waals surface area contributed by atoms with Crippen molar-refractivity contribution in [2.45, 2.75) is 37.3 Å². The van der Waals surface area contributed by atoms with Crippen LogP contribution in [0, 0.1) is 30.6 Å². The molecule has 0 radical (unpaired) electrons. The number of fused-ring (bicyclic) bond motifs is 4. The lowest BCUT2D eigenvalue weighted by molar-refractivity contribution is -0.142. The van der Waals surface area contributed by atoms with Crippen LogP contribution in [0.25, 0.3) is 0 Å². The molecule has 3 aromatic carbocycles. The van der Waals surface area contributed by atoms with Crippen LogP contribution in [0.1, 0.15) is 41.1 Å². The van der Waals surface area contributed by atoms with E-state index < -0.39 is 76.3 Å². The third kappa shape index (κ3) is 5.44. The quantitative estimate of drug-likeness (QED) is 0.153. The number of halogens is 4. The van der Waals surface area contributed by atoms with Gasteiger partial charge in [-0.2, -0.15) is 23.2 Å². The summed E-state index contributed by atoms with van der Waals surface area (Å²) in [5, 5.41) is 14.2. The standard InChI is InChI=1S/C41H35ClF3N5O6/c1-21-12-14-23(15-13-21)47-49-37(53)27-20-26-24(34(33-29(51)10-7-11-30(33)56-3)40(27,39(49)55)22-8-5-4-6-9-22)16-17-25-32(26)38(54)50(36(25)52)48(2)35-28(42)18-19-31(46-35)41(43,44)45/h4-16,18-19,25-27,32,34,47,51H,17,20H2,1-3H3/t25-,26+,27-,32-,34+,40+/m0/s1. The number of carbonyl (C=O) groups excluding carboxylic acids is 4. The molecule has 15 heteroatoms. The van der Waals surface area contributed by atoms with Gasteiger partial charge < -0.3 is 9.84 Å². The highest BCUT2D eigenvalue weighted by Gasteiger charge is 2.71. The minimum Gasteiger partial charge on any atom is -0.508 e. The maximum atomic E-state index is 15.3. The first-order valence-electron chi connectivity index (χ1n) is 17.9. The SMILES string of the molecule is COc1cccc(O)c1[C@H]1C2=CC[C@@H]3C(=O)N(N(C)c4nc(C(F)(F)F)ccc4Cl)C(=O)[C@@H]3[C@@H]2C[C@H]2C(=O)N(Nc3ccc(C)cc3)C(=O)[C@@]12c1ccccc1. The van der Waals surface area contributed by atoms with E-state index in [-0.39, 0.29) is 34.9 Å². The number of amides is 4. The molecular formula is C41H35ClF3N5O6. The zero-order chi connectivity index (χ0) is 39.8. The van der Waals surface area contributed by atoms with Crippen molar-refractivity contribution in [1.29, 1.82) is 0 Å². The van der Waals surface area contributed by atoms with Gasteiger partial charge >= 0.3 is 6.18 Å². The van der Waals surface area contributed by atoms with Gasteiger partial charge in [0.15, 0.2) is 5.82 Å². The van der Waals surface area contributed by atoms with Gasteiger partial charge in [-0.1, -0.05) is 77.3 Å². The first-order chi connectivity index (χ1) is 26.7. The molecule has 0 unspecified atom stereocenters. The molecule has 3 fully saturated rings. The average molecular weight is 786 g/mol. The number of aromatic nitrogens is 1. The highest BCUT2D eigenvalue weighted by molar-refractivity contribution is 6.33. The number of hydrazine groups is 2. The number of phenolic OH excluding ortho intramolecular Hbond substituents is 1. The van der Waals surface area contributed by atoms with Crippen LogP contribution in [-0.2, 0) is 30.8 Å². The summed E-state index contributed by atoms with van der Waals surface area (Å²) in [6.07, 6.45) is -3.07. The fourth-order valence-electron chi connectivity index (χ4n) is 9.25. The van der Waals surface area contributed by atoms with Crippen LogP contribution in [0.4, 0.5) is 24.7 Å². The number of benzene rings is 3. The first-order valence-corrected chi connectivity index (χ1v) is 18.3. The zero-order valence-corrected chi connectivity index (χ0v) is 31.0. The van der Waals surface area contributed by atoms with Gasteiger partial charge in [0.05, 0.1) is 41.0 Å². The first kappa shape index (κ1) is 37.1. The molecule has 2 N–H and O–H groups in total. The molecule has 0 spiro atoms. The van der Waals surface area contributed by atoms with Gasteiger partial charge in [-0.05, 0) is 67.6 Å². The second-order valence-electron chi connectivity index (χ2n) is 14.5. The molecule has 3 heterocycles. The normalized spacial score (nSPS) is 25.8. The lowest BCUT2D eigenvalue weighted by Gasteiger charge is -2.50. The molecule has 4 amide bonds. The smallest absolute Gasteiger partial charge is 0.433 e. The van der Waals surface area contributed by atoms with Crippen LogP contribution in [0.15, 0.2) is 96.6 Å². The Labute approximate surface area is 324 Å². The van der Waals surface area contributed by atoms with Crippen LogP contribution >= 0.6 is 11.6 Å². The lowest BCUT2D eigenvalue weighted by Crippen LogP contribution is -2.53. The number of aromatic hydroxyl groups is 1. The number of anilines is 2. The Hall–Kier alpha value is -5.89. The number of nitrogens with one attached hydrogen (secondary N) is 1. The molecule has 2 aliphatic heterocycles. The van der Waals surface area contributed by atoms with Gasteiger partial charge in [0.2, 0.25) is 0 Å². The van der Waals surface area contributed by atoms with Gasteiger partial charge in [0.1, 0.15) is 17.2 Å². The molecule has 288 valence electrons. The molecule has 11 nitrogen and oxygen atoms in total. The molecule has 0 bridgehead atoms. The second-order valence-corrected chi connectivity index (χ2v) is 14.9. The third-order valence-corrected chi connectivity index (χ3v) is 11.9. The minimum absolute atomic E-state index is 0.0184. The largest absolute Gasteiger partial charge is 0.508 e. The number of pyridine rings is 1. The van der Waals surface area contributed by atoms with Crippen molar-refractivity contribution in [2.75, 3.05) is 24.6 Å². The highest BCUT2D eigenvalue weighted by Crippen LogP contribution is 2.66. The molecule has 4 aliphatic rings. The number of ether oxygens (including phenoxy) is 1. The van der Waals surface area contributed by atoms with Crippen molar-refractivity contribution in [1.82, 2.24) is 15.0 Å². The van der Waals surface area contributed by atoms with E-state index in [0.29, 0.717) is 22.9 Å². The van der Waals surface area contributed by atoms with E-state index in [1.54, 1.807) is 60.7 Å². The predicted octanol–water partition coefficient (Wildman–Crippen LogP) is 6.81. The number of imide groups is 2. The Bertz CT molecular complexity index is 2320. The van der Waals surface area contributed by atoms with Gasteiger partial charge in [0, 0.05) is 18.5 Å². The highest BCUT2D eigenvalue weighted by atomic mass is 35.5. The van der Waals surface area contributed by atoms with Crippen molar-refractivity contribution in [2.24, 2.45) is 23.7 Å². The molecule has 2 saturated heterocycles. The molecule has 1 saturated carbocycles. The van der Waals surface area contributed by atoms with Crippen LogP contribution in [-0.4, -0.2) is 57.9 Å². The van der Waals surface area contributed by atoms with Gasteiger partial charge in [-0.3, -0.25) is 29.6 Å². The maximum absolute atomic E-state index is 15.3. The molecular weight excluding hydrogens is 751 g/mol. The number of nitrogens with zero attached hydrogens (tertiary/aromatic N) is 4. The Balaban J connectivity index is 1.30. The summed E-state index contributed by atoms with van der Waals surface area (Å²) in [5.74, 6) is -8.10. The number of alkyl halides is 3. The lowest BCUT2D eigenvalue weighted by atomic mass is 9.49. The summed E-state index contributed by atoms with van der Waals surface area (Å²) < 4.78 is 46.9. The fraction of sp³-hybridized carbons (Fsp3) is 0.293. The van der Waals surface area contributed by atoms with Crippen LogP contribution in [0.5, 0.6) is 11.5 Å². The number of rotatable bonds is 7. The summed E-state index contributed by atoms with van der Waals surface area (Å²) in [7, 11) is 2.66. The van der Waals surface area contributed by atoms with Crippen LogP contribution < -0.4 is 15.2 Å². The molecule has 2 aliphatic carbocycles. The molecule has 6 atom stereocenters. The number of aryl methyl sites for hydroxylation is 1. The van der Waals surface area contributed by atoms with Crippen molar-refractivity contribution in [3.8, 4) is 11.5 Å². The minimum atomic E-state index is -4.83. The fourth-order valence-corrected chi connectivity index (χ4v) is 9.48. The van der Waals surface area contributed by atoms with E-state index in [2.05, 4.69) is 10.4 Å². The van der Waals surface area contributed by atoms with Gasteiger partial charge in [-0.15, -0.1) is 0 Å². The summed E-state index contributed by atoms with van der Waals surface area (Å²) in [5.41, 5.74) is 2.79. The number of carbonyl (C=O) groups is 4. The molecule has 56 heavy (non-hydrogen) atoms. The van der Waals surface area contributed by atoms with Crippen molar-refractivity contribution >= 4 is 46.7 Å². The monoisotopic (exact) mass is 785 g/mol. The van der Waals surface area contributed by atoms with Crippen LogP contribution in [0.3, 0.4) is 0 Å². The number of hydrogen-bond donors (Lipinski definition) is 2. The number of phenols is 1. The Morgan fingerprint density at radius 2 is 1.64 bits per heavy atom. The molecule has 8 rings (SSSR count). The van der Waals surface area contributed by atoms with Crippen molar-refractivity contribution in [3.63, 3.8) is 0 Å². The van der Waals surface area contributed by atoms with E-state index in [1.165, 1.54) is 20.2 Å². The number of allylic oxidation sites excluding steroid dienone is 2. The van der Waals surface area contributed by atoms with Gasteiger partial charge in [-0.25, -0.2) is 4.98 Å². The predicted molar refractivity (Wildman–Crippen MR) is 198 cm³/mol. The van der Waals surface area contributed by atoms with Gasteiger partial charge in [0.25, 0.3) is 23.6 Å². The van der Waals surface area contributed by atoms with E-state index in [0.717, 1.165) is 26.7 Å². The third-order valence-electron chi connectivity index (χ3n) is 11.6. The van der Waals surface area contributed by atoms with E-state index in [1.807, 2.05) is 19.1 Å². The number of hydrogen-bond acceptors (Lipinski definition) is 9. The summed E-state index contributed by atoms with van der Waals surface area (Å²) >= 11 is 6.31. The molecule has 1 aromatic heterocycles. The average Bonchev–Trinajstić information content (AvgIpc) is 3.56. The maximum Gasteiger partial charge on any atom is 0.433 e. The Morgan fingerprint density at radius 3 is 2.32 bits per heavy atom. The Kier molecular flexibility index (Phi) is 8.87. The van der Waals surface area contributed by atoms with Crippen molar-refractivity contribution in [3.05, 3.63) is 124 Å². The topological polar surface area (TPSA) is 132 Å². The van der Waals surface area contributed by atoms with Crippen molar-refractivity contribution < 1.29 is 42.2 Å². The summed E-state index contributed by atoms with van der Waals surface area (Å²) in [6.45, 7) is 1.90. The van der Waals surface area contributed by atoms with E-state index in [9.17, 15) is 32.7 Å². The second kappa shape index (κ2) is 13.4. The van der Waals surface area contributed by atoms with E-state index in [4.69, 9.17) is 16.3 Å². The summed E-state index contributed by atoms with van der Waals surface area (Å²) in [4.78, 5) is 62.7.